The second-order valence-electron chi connectivity index (χ2n) is 9.84. The third-order valence-corrected chi connectivity index (χ3v) is 6.77. The van der Waals surface area contributed by atoms with E-state index in [4.69, 9.17) is 17.2 Å². The largest absolute Gasteiger partial charge is 0.368 e. The quantitative estimate of drug-likeness (QED) is 0.253. The van der Waals surface area contributed by atoms with Gasteiger partial charge in [-0.25, -0.2) is 0 Å². The fourth-order valence-corrected chi connectivity index (χ4v) is 5.08. The maximum absolute atomic E-state index is 12.1. The monoisotopic (exact) mass is 438 g/mol. The molecule has 2 fully saturated rings. The first kappa shape index (κ1) is 25.5. The second kappa shape index (κ2) is 11.2. The van der Waals surface area contributed by atoms with Crippen LogP contribution in [-0.4, -0.2) is 65.4 Å². The zero-order valence-corrected chi connectivity index (χ0v) is 19.5. The number of hydrogen-bond donors (Lipinski definition) is 5. The van der Waals surface area contributed by atoms with Crippen molar-refractivity contribution in [2.75, 3.05) is 6.54 Å². The van der Waals surface area contributed by atoms with Gasteiger partial charge < -0.3 is 27.8 Å². The van der Waals surface area contributed by atoms with Crippen LogP contribution in [0.25, 0.3) is 0 Å². The summed E-state index contributed by atoms with van der Waals surface area (Å²) in [5.74, 6) is -0.335. The molecule has 1 saturated carbocycles. The minimum Gasteiger partial charge on any atom is -0.368 e. The van der Waals surface area contributed by atoms with Gasteiger partial charge in [0.05, 0.1) is 18.1 Å². The van der Waals surface area contributed by atoms with Gasteiger partial charge in [0.25, 0.3) is 0 Å². The van der Waals surface area contributed by atoms with Gasteiger partial charge in [-0.1, -0.05) is 13.8 Å². The van der Waals surface area contributed by atoms with E-state index < -0.39 is 0 Å². The molecule has 1 aliphatic heterocycles. The zero-order chi connectivity index (χ0) is 23.3. The molecule has 0 radical (unpaired) electrons. The first-order chi connectivity index (χ1) is 14.5. The predicted octanol–water partition coefficient (Wildman–Crippen LogP) is -0.185. The first-order valence-electron chi connectivity index (χ1n) is 11.7. The Balaban J connectivity index is 1.84. The molecule has 0 spiro atoms. The van der Waals surface area contributed by atoms with Gasteiger partial charge in [-0.05, 0) is 70.8 Å². The topological polar surface area (TPSA) is 157 Å². The predicted molar refractivity (Wildman–Crippen MR) is 121 cm³/mol. The van der Waals surface area contributed by atoms with E-state index in [-0.39, 0.29) is 59.9 Å². The summed E-state index contributed by atoms with van der Waals surface area (Å²) in [7, 11) is 0. The lowest BCUT2D eigenvalue weighted by atomic mass is 10.0. The molecular weight excluding hydrogens is 396 g/mol. The van der Waals surface area contributed by atoms with Crippen LogP contribution in [0.3, 0.4) is 0 Å². The van der Waals surface area contributed by atoms with E-state index in [1.54, 1.807) is 0 Å². The summed E-state index contributed by atoms with van der Waals surface area (Å²) in [6, 6.07) is -0.496. The Labute approximate surface area is 186 Å². The van der Waals surface area contributed by atoms with Crippen LogP contribution in [0.4, 0.5) is 0 Å². The molecule has 1 heterocycles. The Kier molecular flexibility index (Phi) is 9.27. The molecule has 8 N–H and O–H groups in total. The second-order valence-corrected chi connectivity index (χ2v) is 9.84. The van der Waals surface area contributed by atoms with Crippen LogP contribution in [0, 0.1) is 11.8 Å². The van der Waals surface area contributed by atoms with Gasteiger partial charge in [-0.2, -0.15) is 0 Å². The summed E-state index contributed by atoms with van der Waals surface area (Å²) in [6.45, 7) is 8.99. The number of nitrogens with one attached hydrogen (secondary N) is 2. The maximum atomic E-state index is 12.1. The van der Waals surface area contributed by atoms with Crippen LogP contribution in [0.15, 0.2) is 0 Å². The van der Waals surface area contributed by atoms with Gasteiger partial charge in [-0.3, -0.25) is 19.3 Å². The first-order valence-corrected chi connectivity index (χ1v) is 11.7. The van der Waals surface area contributed by atoms with Crippen LogP contribution < -0.4 is 27.8 Å². The van der Waals surface area contributed by atoms with Crippen molar-refractivity contribution in [2.24, 2.45) is 29.0 Å². The molecule has 3 amide bonds. The van der Waals surface area contributed by atoms with E-state index in [2.05, 4.69) is 22.5 Å². The van der Waals surface area contributed by atoms with Gasteiger partial charge >= 0.3 is 0 Å². The van der Waals surface area contributed by atoms with Crippen molar-refractivity contribution in [3.63, 3.8) is 0 Å². The lowest BCUT2D eigenvalue weighted by Crippen LogP contribution is -2.49. The number of nitrogens with two attached hydrogens (primary N) is 3. The van der Waals surface area contributed by atoms with Crippen LogP contribution in [0.2, 0.25) is 0 Å². The number of nitrogens with zero attached hydrogens (tertiary/aromatic N) is 1. The summed E-state index contributed by atoms with van der Waals surface area (Å²) in [4.78, 5) is 37.7. The lowest BCUT2D eigenvalue weighted by molar-refractivity contribution is -0.123. The van der Waals surface area contributed by atoms with Gasteiger partial charge in [0.2, 0.25) is 17.7 Å². The molecule has 0 aromatic carbocycles. The van der Waals surface area contributed by atoms with Crippen LogP contribution in [0.1, 0.15) is 66.2 Å². The van der Waals surface area contributed by atoms with Crippen molar-refractivity contribution in [3.8, 4) is 0 Å². The molecule has 2 rings (SSSR count). The fourth-order valence-electron chi connectivity index (χ4n) is 5.08. The third-order valence-electron chi connectivity index (χ3n) is 6.77. The Morgan fingerprint density at radius 2 is 1.68 bits per heavy atom. The normalized spacial score (nSPS) is 27.6. The van der Waals surface area contributed by atoms with E-state index in [0.29, 0.717) is 18.8 Å². The number of primary amides is 3. The lowest BCUT2D eigenvalue weighted by Gasteiger charge is -2.29. The minimum absolute atomic E-state index is 0.0322. The van der Waals surface area contributed by atoms with Gasteiger partial charge in [0.1, 0.15) is 0 Å². The molecule has 4 unspecified atom stereocenters. The molecule has 1 saturated heterocycles. The van der Waals surface area contributed by atoms with Crippen molar-refractivity contribution >= 4 is 17.7 Å². The van der Waals surface area contributed by atoms with Gasteiger partial charge in [0, 0.05) is 18.1 Å². The summed E-state index contributed by atoms with van der Waals surface area (Å²) in [5.41, 5.74) is 16.8. The Bertz CT molecular complexity index is 643. The highest BCUT2D eigenvalue weighted by Gasteiger charge is 2.47. The molecule has 1 aliphatic carbocycles. The van der Waals surface area contributed by atoms with E-state index in [1.165, 1.54) is 0 Å². The van der Waals surface area contributed by atoms with Gasteiger partial charge in [-0.15, -0.1) is 0 Å². The van der Waals surface area contributed by atoms with E-state index in [0.717, 1.165) is 32.2 Å². The number of carbonyl (C=O) groups is 3. The molecular formula is C22H42N6O3. The summed E-state index contributed by atoms with van der Waals surface area (Å²) in [5, 5.41) is 6.56. The number of rotatable bonds is 14. The Morgan fingerprint density at radius 1 is 1.00 bits per heavy atom. The van der Waals surface area contributed by atoms with Crippen LogP contribution in [0.5, 0.6) is 0 Å². The Morgan fingerprint density at radius 3 is 2.23 bits per heavy atom. The summed E-state index contributed by atoms with van der Waals surface area (Å²) < 4.78 is 0. The third kappa shape index (κ3) is 7.43. The minimum atomic E-state index is -0.386. The highest BCUT2D eigenvalue weighted by molar-refractivity contribution is 5.81. The maximum Gasteiger partial charge on any atom is 0.234 e. The van der Waals surface area contributed by atoms with E-state index in [9.17, 15) is 14.4 Å². The fraction of sp³-hybridized carbons (Fsp3) is 0.864. The molecule has 31 heavy (non-hydrogen) atoms. The standard InChI is InChI=1S/C22H42N6O3/c1-12(2)26-17(20(23)29)8-7-13(3)27-19(22(25)31)16-11-15(16)10-14(4)28-9-5-6-18(28)21(24)30/h12-19,26-27H,5-11H2,1-4H3,(H2,23,29)(H2,24,30)(H2,25,31)/t13?,14?,15?,16?,17-,18-,19-/m0/s1. The number of amides is 3. The molecule has 7 atom stereocenters. The van der Waals surface area contributed by atoms with Crippen molar-refractivity contribution in [3.05, 3.63) is 0 Å². The molecule has 178 valence electrons. The summed E-state index contributed by atoms with van der Waals surface area (Å²) >= 11 is 0. The van der Waals surface area contributed by atoms with Crippen molar-refractivity contribution in [1.82, 2.24) is 15.5 Å². The van der Waals surface area contributed by atoms with Crippen molar-refractivity contribution in [2.45, 2.75) is 102 Å². The molecule has 0 aromatic heterocycles. The van der Waals surface area contributed by atoms with E-state index >= 15 is 0 Å². The molecule has 0 aromatic rings. The summed E-state index contributed by atoms with van der Waals surface area (Å²) in [6.07, 6.45) is 5.00. The number of hydrogen-bond acceptors (Lipinski definition) is 6. The molecule has 9 nitrogen and oxygen atoms in total. The highest BCUT2D eigenvalue weighted by atomic mass is 16.2. The van der Waals surface area contributed by atoms with E-state index in [1.807, 2.05) is 20.8 Å². The van der Waals surface area contributed by atoms with Gasteiger partial charge in [0.15, 0.2) is 0 Å². The average molecular weight is 439 g/mol. The van der Waals surface area contributed by atoms with Crippen LogP contribution >= 0.6 is 0 Å². The van der Waals surface area contributed by atoms with Crippen molar-refractivity contribution < 1.29 is 14.4 Å². The highest BCUT2D eigenvalue weighted by Crippen LogP contribution is 2.45. The zero-order valence-electron chi connectivity index (χ0n) is 19.5. The SMILES string of the molecule is CC(C)N[C@@H](CCC(C)N[C@H](C(N)=O)C1CC1CC(C)N1CCC[C@H]1C(N)=O)C(N)=O. The molecule has 2 aliphatic rings. The smallest absolute Gasteiger partial charge is 0.234 e. The molecule has 0 bridgehead atoms. The number of likely N-dealkylation sites (tertiary alicyclic amines) is 1. The number of carbonyl (C=O) groups excluding carboxylic acids is 3. The average Bonchev–Trinajstić information content (AvgIpc) is 3.22. The Hall–Kier alpha value is -1.71. The van der Waals surface area contributed by atoms with Crippen LogP contribution in [-0.2, 0) is 14.4 Å². The molecule has 9 heteroatoms. The van der Waals surface area contributed by atoms with Crippen molar-refractivity contribution in [1.29, 1.82) is 0 Å².